The molecule has 10 heteroatoms. The molecular formula is C24H24N4O5S. The molecule has 0 saturated carbocycles. The molecule has 1 amide bonds. The van der Waals surface area contributed by atoms with Crippen molar-refractivity contribution in [2.75, 3.05) is 25.0 Å². The van der Waals surface area contributed by atoms with Gasteiger partial charge in [-0.3, -0.25) is 14.2 Å². The largest absolute Gasteiger partial charge is 0.497 e. The number of ether oxygens (including phenoxy) is 3. The van der Waals surface area contributed by atoms with E-state index >= 15 is 0 Å². The molecule has 34 heavy (non-hydrogen) atoms. The van der Waals surface area contributed by atoms with Crippen LogP contribution in [0.3, 0.4) is 0 Å². The van der Waals surface area contributed by atoms with E-state index in [2.05, 4.69) is 5.32 Å². The lowest BCUT2D eigenvalue weighted by molar-refractivity contribution is -0.113. The molecule has 2 aromatic heterocycles. The van der Waals surface area contributed by atoms with Crippen LogP contribution in [0, 0.1) is 0 Å². The van der Waals surface area contributed by atoms with Gasteiger partial charge in [0, 0.05) is 30.7 Å². The van der Waals surface area contributed by atoms with Crippen molar-refractivity contribution in [2.24, 2.45) is 7.05 Å². The second-order valence-electron chi connectivity index (χ2n) is 7.90. The molecule has 1 aliphatic heterocycles. The van der Waals surface area contributed by atoms with Crippen LogP contribution in [-0.4, -0.2) is 39.7 Å². The van der Waals surface area contributed by atoms with E-state index in [0.29, 0.717) is 45.7 Å². The van der Waals surface area contributed by atoms with E-state index in [4.69, 9.17) is 19.2 Å². The maximum Gasteiger partial charge on any atom is 0.278 e. The van der Waals surface area contributed by atoms with Gasteiger partial charge in [0.2, 0.25) is 12.7 Å². The minimum atomic E-state index is -0.208. The van der Waals surface area contributed by atoms with Crippen LogP contribution in [0.25, 0.3) is 21.9 Å². The summed E-state index contributed by atoms with van der Waals surface area (Å²) in [6, 6.07) is 10.9. The zero-order valence-electron chi connectivity index (χ0n) is 19.1. The highest BCUT2D eigenvalue weighted by Crippen LogP contribution is 2.34. The number of aryl methyl sites for hydroxylation is 1. The molecule has 176 valence electrons. The summed E-state index contributed by atoms with van der Waals surface area (Å²) < 4.78 is 19.6. The van der Waals surface area contributed by atoms with E-state index in [9.17, 15) is 9.59 Å². The monoisotopic (exact) mass is 480 g/mol. The Balaban J connectivity index is 1.46. The van der Waals surface area contributed by atoms with Crippen molar-refractivity contribution in [3.8, 4) is 17.2 Å². The number of benzene rings is 2. The number of nitrogens with zero attached hydrogens (tertiary/aromatic N) is 3. The Bertz CT molecular complexity index is 1480. The van der Waals surface area contributed by atoms with Gasteiger partial charge in [-0.05, 0) is 36.8 Å². The van der Waals surface area contributed by atoms with Crippen molar-refractivity contribution < 1.29 is 19.0 Å². The number of carbonyl (C=O) groups is 1. The molecule has 5 rings (SSSR count). The third-order valence-electron chi connectivity index (χ3n) is 5.70. The summed E-state index contributed by atoms with van der Waals surface area (Å²) in [5, 5.41) is 4.21. The first-order valence-electron chi connectivity index (χ1n) is 10.9. The average molecular weight is 481 g/mol. The van der Waals surface area contributed by atoms with Gasteiger partial charge in [0.1, 0.15) is 16.8 Å². The van der Waals surface area contributed by atoms with Gasteiger partial charge in [0.05, 0.1) is 18.4 Å². The molecule has 1 aliphatic rings. The predicted octanol–water partition coefficient (Wildman–Crippen LogP) is 3.77. The molecule has 0 unspecified atom stereocenters. The lowest BCUT2D eigenvalue weighted by Gasteiger charge is -2.12. The number of thioether (sulfide) groups is 1. The summed E-state index contributed by atoms with van der Waals surface area (Å²) in [4.78, 5) is 31.0. The van der Waals surface area contributed by atoms with Gasteiger partial charge >= 0.3 is 0 Å². The summed E-state index contributed by atoms with van der Waals surface area (Å²) in [5.41, 5.74) is 2.53. The van der Waals surface area contributed by atoms with E-state index in [-0.39, 0.29) is 24.0 Å². The number of carbonyl (C=O) groups excluding carboxylic acids is 1. The Morgan fingerprint density at radius 2 is 2.03 bits per heavy atom. The van der Waals surface area contributed by atoms with Gasteiger partial charge in [0.15, 0.2) is 16.7 Å². The molecule has 0 radical (unpaired) electrons. The van der Waals surface area contributed by atoms with Crippen LogP contribution < -0.4 is 25.1 Å². The van der Waals surface area contributed by atoms with Crippen LogP contribution in [0.15, 0.2) is 46.3 Å². The standard InChI is InChI=1S/C24H24N4O5S/c1-4-9-28-23(30)22-21(16-11-15(31-3)6-7-17(16)27(22)2)26-24(28)34-12-20(29)25-14-5-8-18-19(10-14)33-13-32-18/h5-8,10-11H,4,9,12-13H2,1-3H3,(H,25,29). The molecule has 0 bridgehead atoms. The van der Waals surface area contributed by atoms with Crippen molar-refractivity contribution in [3.63, 3.8) is 0 Å². The van der Waals surface area contributed by atoms with E-state index in [0.717, 1.165) is 17.3 Å². The molecule has 1 N–H and O–H groups in total. The lowest BCUT2D eigenvalue weighted by atomic mass is 10.2. The molecular weight excluding hydrogens is 456 g/mol. The number of amides is 1. The first kappa shape index (κ1) is 22.1. The SMILES string of the molecule is CCCn1c(SCC(=O)Nc2ccc3c(c2)OCO3)nc2c3cc(OC)ccc3n(C)c2c1=O. The Hall–Kier alpha value is -3.66. The quantitative estimate of drug-likeness (QED) is 0.318. The normalized spacial score (nSPS) is 12.4. The lowest BCUT2D eigenvalue weighted by Crippen LogP contribution is -2.25. The zero-order chi connectivity index (χ0) is 23.8. The van der Waals surface area contributed by atoms with E-state index in [1.807, 2.05) is 36.7 Å². The number of aromatic nitrogens is 3. The molecule has 0 saturated heterocycles. The first-order valence-corrected chi connectivity index (χ1v) is 11.9. The van der Waals surface area contributed by atoms with Crippen LogP contribution in [0.4, 0.5) is 5.69 Å². The van der Waals surface area contributed by atoms with Crippen LogP contribution >= 0.6 is 11.8 Å². The van der Waals surface area contributed by atoms with Crippen LogP contribution in [0.2, 0.25) is 0 Å². The Morgan fingerprint density at radius 3 is 2.82 bits per heavy atom. The topological polar surface area (TPSA) is 96.6 Å². The third-order valence-corrected chi connectivity index (χ3v) is 6.68. The molecule has 0 spiro atoms. The van der Waals surface area contributed by atoms with E-state index in [1.54, 1.807) is 29.9 Å². The van der Waals surface area contributed by atoms with Crippen molar-refractivity contribution in [2.45, 2.75) is 25.0 Å². The molecule has 4 aromatic rings. The summed E-state index contributed by atoms with van der Waals surface area (Å²) in [6.07, 6.45) is 0.766. The van der Waals surface area contributed by atoms with Gasteiger partial charge in [-0.25, -0.2) is 4.98 Å². The van der Waals surface area contributed by atoms with Gasteiger partial charge in [-0.15, -0.1) is 0 Å². The van der Waals surface area contributed by atoms with Crippen LogP contribution in [0.1, 0.15) is 13.3 Å². The summed E-state index contributed by atoms with van der Waals surface area (Å²) in [5.74, 6) is 1.84. The van der Waals surface area contributed by atoms with E-state index in [1.165, 1.54) is 11.8 Å². The fourth-order valence-corrected chi connectivity index (χ4v) is 4.91. The number of hydrogen-bond donors (Lipinski definition) is 1. The highest BCUT2D eigenvalue weighted by Gasteiger charge is 2.20. The average Bonchev–Trinajstić information content (AvgIpc) is 3.41. The third kappa shape index (κ3) is 3.83. The minimum absolute atomic E-state index is 0.101. The molecule has 3 heterocycles. The number of anilines is 1. The smallest absolute Gasteiger partial charge is 0.278 e. The summed E-state index contributed by atoms with van der Waals surface area (Å²) >= 11 is 1.24. The van der Waals surface area contributed by atoms with Crippen molar-refractivity contribution in [1.82, 2.24) is 14.1 Å². The van der Waals surface area contributed by atoms with Gasteiger partial charge in [0.25, 0.3) is 5.56 Å². The Morgan fingerprint density at radius 1 is 1.21 bits per heavy atom. The van der Waals surface area contributed by atoms with Crippen molar-refractivity contribution >= 4 is 45.3 Å². The molecule has 9 nitrogen and oxygen atoms in total. The number of rotatable bonds is 7. The fourth-order valence-electron chi connectivity index (χ4n) is 4.09. The Kier molecular flexibility index (Phi) is 5.82. The number of fused-ring (bicyclic) bond motifs is 4. The Labute approximate surface area is 199 Å². The van der Waals surface area contributed by atoms with Crippen LogP contribution in [-0.2, 0) is 18.4 Å². The second-order valence-corrected chi connectivity index (χ2v) is 8.84. The molecule has 2 aromatic carbocycles. The highest BCUT2D eigenvalue weighted by atomic mass is 32.2. The van der Waals surface area contributed by atoms with Gasteiger partial charge < -0.3 is 24.1 Å². The number of hydrogen-bond acceptors (Lipinski definition) is 7. The molecule has 0 atom stereocenters. The van der Waals surface area contributed by atoms with Gasteiger partial charge in [-0.1, -0.05) is 18.7 Å². The predicted molar refractivity (Wildman–Crippen MR) is 131 cm³/mol. The van der Waals surface area contributed by atoms with Crippen LogP contribution in [0.5, 0.6) is 17.2 Å². The fraction of sp³-hybridized carbons (Fsp3) is 0.292. The number of methoxy groups -OCH3 is 1. The molecule has 0 fully saturated rings. The maximum atomic E-state index is 13.5. The van der Waals surface area contributed by atoms with E-state index < -0.39 is 0 Å². The van der Waals surface area contributed by atoms with Crippen molar-refractivity contribution in [1.29, 1.82) is 0 Å². The molecule has 0 aliphatic carbocycles. The highest BCUT2D eigenvalue weighted by molar-refractivity contribution is 7.99. The summed E-state index contributed by atoms with van der Waals surface area (Å²) in [6.45, 7) is 2.69. The zero-order valence-corrected chi connectivity index (χ0v) is 19.9. The maximum absolute atomic E-state index is 13.5. The second kappa shape index (κ2) is 8.94. The first-order chi connectivity index (χ1) is 16.5. The number of nitrogens with one attached hydrogen (secondary N) is 1. The van der Waals surface area contributed by atoms with Gasteiger partial charge in [-0.2, -0.15) is 0 Å². The summed E-state index contributed by atoms with van der Waals surface area (Å²) in [7, 11) is 3.47. The van der Waals surface area contributed by atoms with Crippen molar-refractivity contribution in [3.05, 3.63) is 46.8 Å². The minimum Gasteiger partial charge on any atom is -0.497 e.